The summed E-state index contributed by atoms with van der Waals surface area (Å²) >= 11 is 0. The fourth-order valence-electron chi connectivity index (χ4n) is 5.32. The first-order valence-electron chi connectivity index (χ1n) is 13.4. The van der Waals surface area contributed by atoms with E-state index in [-0.39, 0.29) is 5.82 Å². The van der Waals surface area contributed by atoms with Crippen LogP contribution >= 0.6 is 0 Å². The van der Waals surface area contributed by atoms with Crippen molar-refractivity contribution >= 4 is 27.5 Å². The van der Waals surface area contributed by atoms with E-state index in [4.69, 9.17) is 4.98 Å². The lowest BCUT2D eigenvalue weighted by Crippen LogP contribution is -2.31. The van der Waals surface area contributed by atoms with E-state index in [0.717, 1.165) is 75.5 Å². The predicted molar refractivity (Wildman–Crippen MR) is 157 cm³/mol. The molecule has 196 valence electrons. The van der Waals surface area contributed by atoms with Gasteiger partial charge in [0.1, 0.15) is 17.0 Å². The van der Waals surface area contributed by atoms with Crippen molar-refractivity contribution in [2.75, 3.05) is 19.6 Å². The Morgan fingerprint density at radius 3 is 2.62 bits per heavy atom. The van der Waals surface area contributed by atoms with E-state index in [1.54, 1.807) is 18.3 Å². The number of hydrogen-bond acceptors (Lipinski definition) is 4. The van der Waals surface area contributed by atoms with Crippen molar-refractivity contribution in [2.45, 2.75) is 26.2 Å². The molecule has 0 spiro atoms. The molecule has 1 saturated heterocycles. The van der Waals surface area contributed by atoms with Gasteiger partial charge in [-0.05, 0) is 98.6 Å². The number of pyridine rings is 2. The van der Waals surface area contributed by atoms with Gasteiger partial charge in [-0.3, -0.25) is 15.0 Å². The molecule has 0 amide bonds. The molecule has 1 aromatic carbocycles. The molecule has 1 aliphatic rings. The number of halogens is 1. The van der Waals surface area contributed by atoms with Gasteiger partial charge in [0.2, 0.25) is 0 Å². The Bertz CT molecular complexity index is 1700. The maximum Gasteiger partial charge on any atom is 0.135 e. The molecule has 0 atom stereocenters. The second-order valence-corrected chi connectivity index (χ2v) is 9.98. The van der Waals surface area contributed by atoms with E-state index in [2.05, 4.69) is 43.8 Å². The number of H-pyrrole nitrogens is 2. The van der Waals surface area contributed by atoms with Gasteiger partial charge in [-0.1, -0.05) is 25.2 Å². The standard InChI is InChI=1S/C32H31FN6/c1-3-21(20-39-16-6-5-7-17-39)18-22(4-2)26-12-13-28-31(36-26)32(38-37-28)29-19-25-27(35-29)14-15-34-30(25)23-8-10-24(33)11-9-23/h3-4,8-15,18-19,35H,1,5-7,16-17,20H2,2H3,(H,37,38)/b21-18+,22-4+. The molecule has 0 saturated carbocycles. The smallest absolute Gasteiger partial charge is 0.135 e. The lowest BCUT2D eigenvalue weighted by atomic mass is 10.0. The molecule has 1 aliphatic heterocycles. The second kappa shape index (κ2) is 10.8. The summed E-state index contributed by atoms with van der Waals surface area (Å²) in [6, 6.07) is 14.4. The van der Waals surface area contributed by atoms with Gasteiger partial charge < -0.3 is 4.98 Å². The molecule has 2 N–H and O–H groups in total. The molecule has 6 nitrogen and oxygen atoms in total. The van der Waals surface area contributed by atoms with Crippen molar-refractivity contribution in [1.82, 2.24) is 30.0 Å². The van der Waals surface area contributed by atoms with E-state index in [1.807, 2.05) is 37.3 Å². The highest BCUT2D eigenvalue weighted by Gasteiger charge is 2.17. The molecule has 0 aliphatic carbocycles. The van der Waals surface area contributed by atoms with Gasteiger partial charge in [0.25, 0.3) is 0 Å². The van der Waals surface area contributed by atoms with E-state index in [0.29, 0.717) is 0 Å². The summed E-state index contributed by atoms with van der Waals surface area (Å²) in [7, 11) is 0. The maximum absolute atomic E-state index is 13.5. The van der Waals surface area contributed by atoms with Crippen LogP contribution < -0.4 is 0 Å². The SMILES string of the molecule is C=C/C(=C\C(=C/C)c1ccc2[nH]nc(-c3cc4c(-c5ccc(F)cc5)nccc4[nH]3)c2n1)CN1CCCCC1. The van der Waals surface area contributed by atoms with Gasteiger partial charge in [0.15, 0.2) is 0 Å². The molecule has 5 aromatic rings. The molecule has 4 aromatic heterocycles. The number of likely N-dealkylation sites (tertiary alicyclic amines) is 1. The lowest BCUT2D eigenvalue weighted by Gasteiger charge is -2.26. The fourth-order valence-corrected chi connectivity index (χ4v) is 5.32. The summed E-state index contributed by atoms with van der Waals surface area (Å²) in [5, 5.41) is 8.68. The van der Waals surface area contributed by atoms with E-state index in [1.165, 1.54) is 37.0 Å². The van der Waals surface area contributed by atoms with Crippen LogP contribution in [0.3, 0.4) is 0 Å². The van der Waals surface area contributed by atoms with Crippen LogP contribution in [0.1, 0.15) is 31.9 Å². The summed E-state index contributed by atoms with van der Waals surface area (Å²) in [6.45, 7) is 9.29. The predicted octanol–water partition coefficient (Wildman–Crippen LogP) is 7.31. The molecule has 5 heterocycles. The summed E-state index contributed by atoms with van der Waals surface area (Å²) in [5.41, 5.74) is 8.93. The highest BCUT2D eigenvalue weighted by Crippen LogP contribution is 2.33. The van der Waals surface area contributed by atoms with Crippen molar-refractivity contribution < 1.29 is 4.39 Å². The van der Waals surface area contributed by atoms with Gasteiger partial charge in [-0.2, -0.15) is 5.10 Å². The molecular weight excluding hydrogens is 487 g/mol. The van der Waals surface area contributed by atoms with E-state index >= 15 is 0 Å². The summed E-state index contributed by atoms with van der Waals surface area (Å²) in [5.74, 6) is -0.271. The van der Waals surface area contributed by atoms with Crippen molar-refractivity contribution in [2.24, 2.45) is 0 Å². The third-order valence-electron chi connectivity index (χ3n) is 7.39. The number of benzene rings is 1. The van der Waals surface area contributed by atoms with Crippen LogP contribution in [-0.2, 0) is 0 Å². The number of fused-ring (bicyclic) bond motifs is 2. The molecule has 1 fully saturated rings. The Morgan fingerprint density at radius 1 is 1.03 bits per heavy atom. The largest absolute Gasteiger partial charge is 0.353 e. The van der Waals surface area contributed by atoms with Gasteiger partial charge in [0.05, 0.1) is 22.6 Å². The number of nitrogens with one attached hydrogen (secondary N) is 2. The van der Waals surface area contributed by atoms with Crippen LogP contribution in [0.2, 0.25) is 0 Å². The van der Waals surface area contributed by atoms with Gasteiger partial charge in [0, 0.05) is 29.2 Å². The van der Waals surface area contributed by atoms with Crippen LogP contribution in [0.25, 0.3) is 50.2 Å². The van der Waals surface area contributed by atoms with Crippen LogP contribution in [0.5, 0.6) is 0 Å². The zero-order valence-electron chi connectivity index (χ0n) is 22.0. The zero-order chi connectivity index (χ0) is 26.8. The molecule has 0 bridgehead atoms. The monoisotopic (exact) mass is 518 g/mol. The second-order valence-electron chi connectivity index (χ2n) is 9.98. The van der Waals surface area contributed by atoms with Crippen LogP contribution in [0.15, 0.2) is 85.1 Å². The minimum Gasteiger partial charge on any atom is -0.353 e. The maximum atomic E-state index is 13.5. The molecule has 0 radical (unpaired) electrons. The topological polar surface area (TPSA) is 73.5 Å². The third kappa shape index (κ3) is 5.05. The first kappa shape index (κ1) is 24.9. The number of rotatable bonds is 7. The summed E-state index contributed by atoms with van der Waals surface area (Å²) < 4.78 is 13.5. The number of piperidine rings is 1. The average molecular weight is 519 g/mol. The molecule has 0 unspecified atom stereocenters. The Kier molecular flexibility index (Phi) is 6.90. The van der Waals surface area contributed by atoms with Crippen LogP contribution in [0.4, 0.5) is 4.39 Å². The Labute approximate surface area is 227 Å². The van der Waals surface area contributed by atoms with Crippen LogP contribution in [-0.4, -0.2) is 49.7 Å². The Balaban J connectivity index is 1.36. The van der Waals surface area contributed by atoms with Crippen molar-refractivity contribution in [1.29, 1.82) is 0 Å². The first-order valence-corrected chi connectivity index (χ1v) is 13.4. The molecule has 39 heavy (non-hydrogen) atoms. The third-order valence-corrected chi connectivity index (χ3v) is 7.39. The minimum atomic E-state index is -0.271. The first-order chi connectivity index (χ1) is 19.1. The highest BCUT2D eigenvalue weighted by atomic mass is 19.1. The summed E-state index contributed by atoms with van der Waals surface area (Å²) in [4.78, 5) is 15.6. The number of allylic oxidation sites excluding steroid dienone is 3. The zero-order valence-corrected chi connectivity index (χ0v) is 22.0. The number of aromatic amines is 2. The highest BCUT2D eigenvalue weighted by molar-refractivity contribution is 5.99. The quantitative estimate of drug-likeness (QED) is 0.222. The molecular formula is C32H31FN6. The van der Waals surface area contributed by atoms with Crippen molar-refractivity contribution in [3.05, 3.63) is 96.6 Å². The normalized spacial score (nSPS) is 15.3. The summed E-state index contributed by atoms with van der Waals surface area (Å²) in [6.07, 6.45) is 11.8. The number of aromatic nitrogens is 5. The average Bonchev–Trinajstić information content (AvgIpc) is 3.60. The van der Waals surface area contributed by atoms with Gasteiger partial charge in [-0.15, -0.1) is 0 Å². The molecule has 6 rings (SSSR count). The van der Waals surface area contributed by atoms with E-state index < -0.39 is 0 Å². The van der Waals surface area contributed by atoms with Gasteiger partial charge >= 0.3 is 0 Å². The number of hydrogen-bond donors (Lipinski definition) is 2. The Morgan fingerprint density at radius 2 is 1.85 bits per heavy atom. The van der Waals surface area contributed by atoms with Gasteiger partial charge in [-0.25, -0.2) is 9.37 Å². The van der Waals surface area contributed by atoms with Crippen molar-refractivity contribution in [3.63, 3.8) is 0 Å². The number of nitrogens with zero attached hydrogens (tertiary/aromatic N) is 4. The van der Waals surface area contributed by atoms with Crippen molar-refractivity contribution in [3.8, 4) is 22.6 Å². The minimum absolute atomic E-state index is 0.271. The fraction of sp³-hybridized carbons (Fsp3) is 0.219. The van der Waals surface area contributed by atoms with E-state index in [9.17, 15) is 4.39 Å². The lowest BCUT2D eigenvalue weighted by molar-refractivity contribution is 0.248. The Hall–Kier alpha value is -4.36. The molecule has 7 heteroatoms. The van der Waals surface area contributed by atoms with Crippen LogP contribution in [0, 0.1) is 5.82 Å².